The maximum atomic E-state index is 10.2. The van der Waals surface area contributed by atoms with Crippen LogP contribution in [0.1, 0.15) is 51.9 Å². The van der Waals surface area contributed by atoms with Gasteiger partial charge in [0.25, 0.3) is 0 Å². The first kappa shape index (κ1) is 12.9. The molecule has 1 saturated heterocycles. The summed E-state index contributed by atoms with van der Waals surface area (Å²) in [7, 11) is 0. The third-order valence-corrected chi connectivity index (χ3v) is 5.92. The molecule has 0 aromatic carbocycles. The van der Waals surface area contributed by atoms with E-state index in [0.717, 1.165) is 24.2 Å². The minimum Gasteiger partial charge on any atom is -0.393 e. The average Bonchev–Trinajstić information content (AvgIpc) is 2.92. The van der Waals surface area contributed by atoms with Gasteiger partial charge in [-0.15, -0.1) is 0 Å². The molecule has 0 aromatic rings. The van der Waals surface area contributed by atoms with Gasteiger partial charge in [-0.1, -0.05) is 19.8 Å². The lowest BCUT2D eigenvalue weighted by Gasteiger charge is -2.35. The minimum absolute atomic E-state index is 0.0201. The average molecular weight is 251 g/mol. The van der Waals surface area contributed by atoms with Crippen LogP contribution in [0.2, 0.25) is 0 Å². The highest BCUT2D eigenvalue weighted by Gasteiger charge is 2.38. The predicted molar refractivity (Wildman–Crippen MR) is 74.4 cm³/mol. The van der Waals surface area contributed by atoms with Crippen LogP contribution < -0.4 is 0 Å². The van der Waals surface area contributed by atoms with Gasteiger partial charge in [-0.2, -0.15) is 0 Å². The Morgan fingerprint density at radius 1 is 1.06 bits per heavy atom. The SMILES string of the molecule is CCC1CCC(O)C(CN2CC3CCCC3C2)C1. The molecule has 0 amide bonds. The first-order valence-corrected chi connectivity index (χ1v) is 8.16. The summed E-state index contributed by atoms with van der Waals surface area (Å²) in [6.45, 7) is 6.12. The molecule has 0 radical (unpaired) electrons. The number of rotatable bonds is 3. The molecular formula is C16H29NO. The quantitative estimate of drug-likeness (QED) is 0.833. The summed E-state index contributed by atoms with van der Waals surface area (Å²) in [6, 6.07) is 0. The largest absolute Gasteiger partial charge is 0.393 e. The van der Waals surface area contributed by atoms with Crippen molar-refractivity contribution in [3.8, 4) is 0 Å². The Labute approximate surface area is 112 Å². The molecular weight excluding hydrogens is 222 g/mol. The molecule has 1 aliphatic heterocycles. The summed E-state index contributed by atoms with van der Waals surface area (Å²) < 4.78 is 0. The van der Waals surface area contributed by atoms with Crippen molar-refractivity contribution in [3.63, 3.8) is 0 Å². The van der Waals surface area contributed by atoms with Crippen molar-refractivity contribution in [1.82, 2.24) is 4.90 Å². The Kier molecular flexibility index (Phi) is 3.95. The number of likely N-dealkylation sites (tertiary alicyclic amines) is 1. The van der Waals surface area contributed by atoms with Crippen LogP contribution in [0.3, 0.4) is 0 Å². The Bertz CT molecular complexity index is 268. The van der Waals surface area contributed by atoms with E-state index in [1.807, 2.05) is 0 Å². The summed E-state index contributed by atoms with van der Waals surface area (Å²) in [5.74, 6) is 3.42. The number of fused-ring (bicyclic) bond motifs is 1. The van der Waals surface area contributed by atoms with Crippen molar-refractivity contribution >= 4 is 0 Å². The van der Waals surface area contributed by atoms with E-state index in [9.17, 15) is 5.11 Å². The van der Waals surface area contributed by atoms with Gasteiger partial charge in [0, 0.05) is 19.6 Å². The van der Waals surface area contributed by atoms with E-state index in [2.05, 4.69) is 11.8 Å². The summed E-state index contributed by atoms with van der Waals surface area (Å²) >= 11 is 0. The fourth-order valence-corrected chi connectivity index (χ4v) is 4.73. The second-order valence-electron chi connectivity index (χ2n) is 7.08. The molecule has 3 aliphatic rings. The molecule has 1 N–H and O–H groups in total. The maximum absolute atomic E-state index is 10.2. The number of aliphatic hydroxyl groups is 1. The first-order valence-electron chi connectivity index (χ1n) is 8.16. The highest BCUT2D eigenvalue weighted by Crippen LogP contribution is 2.39. The van der Waals surface area contributed by atoms with Gasteiger partial charge in [-0.3, -0.25) is 0 Å². The van der Waals surface area contributed by atoms with Crippen molar-refractivity contribution in [2.24, 2.45) is 23.7 Å². The zero-order chi connectivity index (χ0) is 12.5. The van der Waals surface area contributed by atoms with Gasteiger partial charge >= 0.3 is 0 Å². The van der Waals surface area contributed by atoms with Crippen LogP contribution in [0, 0.1) is 23.7 Å². The lowest BCUT2D eigenvalue weighted by atomic mass is 9.78. The summed E-state index contributed by atoms with van der Waals surface area (Å²) in [6.07, 6.45) is 9.24. The van der Waals surface area contributed by atoms with Crippen LogP contribution >= 0.6 is 0 Å². The van der Waals surface area contributed by atoms with Gasteiger partial charge in [-0.05, 0) is 55.8 Å². The van der Waals surface area contributed by atoms with Crippen molar-refractivity contribution in [3.05, 3.63) is 0 Å². The molecule has 1 heterocycles. The number of hydrogen-bond acceptors (Lipinski definition) is 2. The fraction of sp³-hybridized carbons (Fsp3) is 1.00. The maximum Gasteiger partial charge on any atom is 0.0580 e. The highest BCUT2D eigenvalue weighted by molar-refractivity contribution is 4.90. The number of hydrogen-bond donors (Lipinski definition) is 1. The molecule has 3 rings (SSSR count). The molecule has 104 valence electrons. The van der Waals surface area contributed by atoms with Gasteiger partial charge in [0.05, 0.1) is 6.10 Å². The lowest BCUT2D eigenvalue weighted by Crippen LogP contribution is -2.38. The molecule has 5 unspecified atom stereocenters. The Morgan fingerprint density at radius 3 is 2.44 bits per heavy atom. The number of aliphatic hydroxyl groups excluding tert-OH is 1. The third kappa shape index (κ3) is 2.60. The molecule has 18 heavy (non-hydrogen) atoms. The summed E-state index contributed by atoms with van der Waals surface area (Å²) in [5, 5.41) is 10.2. The molecule has 2 nitrogen and oxygen atoms in total. The van der Waals surface area contributed by atoms with Crippen molar-refractivity contribution in [2.45, 2.75) is 58.0 Å². The second kappa shape index (κ2) is 5.50. The van der Waals surface area contributed by atoms with Gasteiger partial charge in [0.15, 0.2) is 0 Å². The van der Waals surface area contributed by atoms with Crippen LogP contribution in [-0.4, -0.2) is 35.7 Å². The zero-order valence-corrected chi connectivity index (χ0v) is 11.9. The van der Waals surface area contributed by atoms with E-state index >= 15 is 0 Å². The summed E-state index contributed by atoms with van der Waals surface area (Å²) in [5.41, 5.74) is 0. The normalized spacial score (nSPS) is 45.3. The predicted octanol–water partition coefficient (Wildman–Crippen LogP) is 2.91. The molecule has 0 aromatic heterocycles. The molecule has 3 fully saturated rings. The Balaban J connectivity index is 1.52. The van der Waals surface area contributed by atoms with E-state index in [4.69, 9.17) is 0 Å². The second-order valence-corrected chi connectivity index (χ2v) is 7.08. The lowest BCUT2D eigenvalue weighted by molar-refractivity contribution is 0.0294. The van der Waals surface area contributed by atoms with Gasteiger partial charge in [0.1, 0.15) is 0 Å². The monoisotopic (exact) mass is 251 g/mol. The van der Waals surface area contributed by atoms with Crippen LogP contribution in [0.15, 0.2) is 0 Å². The molecule has 2 saturated carbocycles. The van der Waals surface area contributed by atoms with E-state index in [-0.39, 0.29) is 6.10 Å². The molecule has 0 spiro atoms. The highest BCUT2D eigenvalue weighted by atomic mass is 16.3. The topological polar surface area (TPSA) is 23.5 Å². The standard InChI is InChI=1S/C16H29NO/c1-2-12-6-7-16(18)15(8-12)11-17-9-13-4-3-5-14(13)10-17/h12-16,18H,2-11H2,1H3. The van der Waals surface area contributed by atoms with E-state index < -0.39 is 0 Å². The Morgan fingerprint density at radius 2 is 1.78 bits per heavy atom. The van der Waals surface area contributed by atoms with Crippen LogP contribution in [0.4, 0.5) is 0 Å². The van der Waals surface area contributed by atoms with E-state index in [1.54, 1.807) is 0 Å². The van der Waals surface area contributed by atoms with Crippen molar-refractivity contribution in [2.75, 3.05) is 19.6 Å². The van der Waals surface area contributed by atoms with E-state index in [0.29, 0.717) is 5.92 Å². The van der Waals surface area contributed by atoms with Crippen LogP contribution in [-0.2, 0) is 0 Å². The van der Waals surface area contributed by atoms with E-state index in [1.165, 1.54) is 58.2 Å². The van der Waals surface area contributed by atoms with Crippen LogP contribution in [0.5, 0.6) is 0 Å². The van der Waals surface area contributed by atoms with Crippen molar-refractivity contribution in [1.29, 1.82) is 0 Å². The van der Waals surface area contributed by atoms with Gasteiger partial charge in [-0.25, -0.2) is 0 Å². The van der Waals surface area contributed by atoms with Gasteiger partial charge < -0.3 is 10.0 Å². The fourth-order valence-electron chi connectivity index (χ4n) is 4.73. The Hall–Kier alpha value is -0.0800. The molecule has 5 atom stereocenters. The van der Waals surface area contributed by atoms with Crippen LogP contribution in [0.25, 0.3) is 0 Å². The molecule has 2 aliphatic carbocycles. The van der Waals surface area contributed by atoms with Crippen molar-refractivity contribution < 1.29 is 5.11 Å². The third-order valence-electron chi connectivity index (χ3n) is 5.92. The minimum atomic E-state index is -0.0201. The summed E-state index contributed by atoms with van der Waals surface area (Å²) in [4.78, 5) is 2.67. The molecule has 0 bridgehead atoms. The first-order chi connectivity index (χ1) is 8.76. The van der Waals surface area contributed by atoms with Gasteiger partial charge in [0.2, 0.25) is 0 Å². The smallest absolute Gasteiger partial charge is 0.0580 e. The molecule has 2 heteroatoms. The number of nitrogens with zero attached hydrogens (tertiary/aromatic N) is 1. The zero-order valence-electron chi connectivity index (χ0n) is 11.9.